The van der Waals surface area contributed by atoms with Crippen LogP contribution < -0.4 is 15.2 Å². The van der Waals surface area contributed by atoms with E-state index in [9.17, 15) is 4.79 Å². The lowest BCUT2D eigenvalue weighted by Crippen LogP contribution is -2.33. The normalized spacial score (nSPS) is 14.1. The van der Waals surface area contributed by atoms with Crippen LogP contribution in [0.15, 0.2) is 65.5 Å². The molecule has 1 aromatic heterocycles. The van der Waals surface area contributed by atoms with Gasteiger partial charge in [-0.15, -0.1) is 0 Å². The van der Waals surface area contributed by atoms with Gasteiger partial charge in [-0.05, 0) is 37.0 Å². The van der Waals surface area contributed by atoms with Crippen molar-refractivity contribution in [3.8, 4) is 17.0 Å². The molecule has 0 bridgehead atoms. The first-order valence-electron chi connectivity index (χ1n) is 9.80. The van der Waals surface area contributed by atoms with E-state index in [1.807, 2.05) is 54.6 Å². The molecule has 144 valence electrons. The summed E-state index contributed by atoms with van der Waals surface area (Å²) in [7, 11) is 1.67. The summed E-state index contributed by atoms with van der Waals surface area (Å²) in [5, 5.41) is 4.80. The van der Waals surface area contributed by atoms with Crippen LogP contribution in [-0.4, -0.2) is 30.0 Å². The van der Waals surface area contributed by atoms with Gasteiger partial charge in [0.2, 0.25) is 0 Å². The number of para-hydroxylation sites is 1. The summed E-state index contributed by atoms with van der Waals surface area (Å²) in [6, 6.07) is 19.5. The summed E-state index contributed by atoms with van der Waals surface area (Å²) in [6.07, 6.45) is 3.51. The Kier molecular flexibility index (Phi) is 5.42. The van der Waals surface area contributed by atoms with E-state index in [1.54, 1.807) is 17.9 Å². The molecule has 2 aromatic carbocycles. The Bertz CT molecular complexity index is 992. The zero-order valence-corrected chi connectivity index (χ0v) is 16.2. The van der Waals surface area contributed by atoms with Crippen LogP contribution in [0.25, 0.3) is 11.3 Å². The van der Waals surface area contributed by atoms with Crippen LogP contribution >= 0.6 is 0 Å². The molecule has 0 aliphatic carbocycles. The lowest BCUT2D eigenvalue weighted by atomic mass is 10.1. The number of hydrogen-bond acceptors (Lipinski definition) is 4. The van der Waals surface area contributed by atoms with Gasteiger partial charge in [-0.2, -0.15) is 5.10 Å². The van der Waals surface area contributed by atoms with E-state index in [1.165, 1.54) is 6.42 Å². The van der Waals surface area contributed by atoms with Gasteiger partial charge in [0, 0.05) is 24.7 Å². The highest BCUT2D eigenvalue weighted by Gasteiger charge is 2.21. The number of aromatic nitrogens is 2. The Morgan fingerprint density at radius 1 is 0.964 bits per heavy atom. The molecule has 0 amide bonds. The molecule has 0 saturated carbocycles. The monoisotopic (exact) mass is 375 g/mol. The van der Waals surface area contributed by atoms with Crippen LogP contribution in [-0.2, 0) is 6.54 Å². The van der Waals surface area contributed by atoms with Crippen molar-refractivity contribution in [3.63, 3.8) is 0 Å². The largest absolute Gasteiger partial charge is 0.496 e. The van der Waals surface area contributed by atoms with Gasteiger partial charge in [-0.1, -0.05) is 42.5 Å². The highest BCUT2D eigenvalue weighted by Crippen LogP contribution is 2.35. The molecule has 1 aliphatic rings. The van der Waals surface area contributed by atoms with Gasteiger partial charge >= 0.3 is 0 Å². The molecule has 3 aromatic rings. The summed E-state index contributed by atoms with van der Waals surface area (Å²) in [5.41, 5.74) is 3.58. The quantitative estimate of drug-likeness (QED) is 0.677. The molecule has 0 spiro atoms. The molecule has 0 radical (unpaired) electrons. The minimum Gasteiger partial charge on any atom is -0.496 e. The molecule has 0 unspecified atom stereocenters. The summed E-state index contributed by atoms with van der Waals surface area (Å²) < 4.78 is 7.13. The van der Waals surface area contributed by atoms with Crippen LogP contribution in [0.4, 0.5) is 5.69 Å². The van der Waals surface area contributed by atoms with E-state index in [0.717, 1.165) is 54.2 Å². The molecule has 4 rings (SSSR count). The third-order valence-electron chi connectivity index (χ3n) is 5.21. The smallest absolute Gasteiger partial charge is 0.269 e. The summed E-state index contributed by atoms with van der Waals surface area (Å²) in [6.45, 7) is 2.35. The van der Waals surface area contributed by atoms with Crippen LogP contribution in [0.1, 0.15) is 24.8 Å². The fraction of sp³-hybridized carbons (Fsp3) is 0.304. The van der Waals surface area contributed by atoms with Crippen molar-refractivity contribution < 1.29 is 4.74 Å². The van der Waals surface area contributed by atoms with E-state index < -0.39 is 0 Å². The predicted molar refractivity (Wildman–Crippen MR) is 112 cm³/mol. The fourth-order valence-electron chi connectivity index (χ4n) is 3.76. The minimum absolute atomic E-state index is 0.0805. The second-order valence-electron chi connectivity index (χ2n) is 7.11. The van der Waals surface area contributed by atoms with Crippen molar-refractivity contribution in [1.29, 1.82) is 0 Å². The second-order valence-corrected chi connectivity index (χ2v) is 7.11. The topological polar surface area (TPSA) is 47.4 Å². The zero-order valence-electron chi connectivity index (χ0n) is 16.2. The number of benzene rings is 2. The molecule has 0 atom stereocenters. The standard InChI is InChI=1S/C23H25N3O2/c1-28-21-13-7-6-12-19(21)23-20(25-14-8-3-9-15-25)16-22(27)26(24-23)17-18-10-4-2-5-11-18/h2,4-7,10-13,16H,3,8-9,14-15,17H2,1H3. The van der Waals surface area contributed by atoms with Gasteiger partial charge < -0.3 is 9.64 Å². The first kappa shape index (κ1) is 18.3. The molecule has 1 saturated heterocycles. The van der Waals surface area contributed by atoms with E-state index in [0.29, 0.717) is 6.54 Å². The Morgan fingerprint density at radius 3 is 2.43 bits per heavy atom. The minimum atomic E-state index is -0.0805. The summed E-state index contributed by atoms with van der Waals surface area (Å²) >= 11 is 0. The molecule has 0 N–H and O–H groups in total. The third kappa shape index (κ3) is 3.79. The number of anilines is 1. The average Bonchev–Trinajstić information content (AvgIpc) is 2.76. The third-order valence-corrected chi connectivity index (χ3v) is 5.21. The van der Waals surface area contributed by atoms with Crippen LogP contribution in [0.5, 0.6) is 5.75 Å². The highest BCUT2D eigenvalue weighted by molar-refractivity contribution is 5.78. The Labute approximate surface area is 165 Å². The average molecular weight is 375 g/mol. The van der Waals surface area contributed by atoms with Crippen molar-refractivity contribution in [3.05, 3.63) is 76.6 Å². The van der Waals surface area contributed by atoms with Gasteiger partial charge in [0.15, 0.2) is 0 Å². The molecular formula is C23H25N3O2. The first-order valence-corrected chi connectivity index (χ1v) is 9.80. The van der Waals surface area contributed by atoms with Crippen LogP contribution in [0.3, 0.4) is 0 Å². The SMILES string of the molecule is COc1ccccc1-c1nn(Cc2ccccc2)c(=O)cc1N1CCCCC1. The maximum absolute atomic E-state index is 12.9. The second kappa shape index (κ2) is 8.30. The van der Waals surface area contributed by atoms with Crippen molar-refractivity contribution in [2.24, 2.45) is 0 Å². The molecular weight excluding hydrogens is 350 g/mol. The van der Waals surface area contributed by atoms with Crippen molar-refractivity contribution in [1.82, 2.24) is 9.78 Å². The van der Waals surface area contributed by atoms with Crippen molar-refractivity contribution >= 4 is 5.69 Å². The van der Waals surface area contributed by atoms with Crippen molar-refractivity contribution in [2.75, 3.05) is 25.1 Å². The van der Waals surface area contributed by atoms with Crippen LogP contribution in [0, 0.1) is 0 Å². The fourth-order valence-corrected chi connectivity index (χ4v) is 3.76. The summed E-state index contributed by atoms with van der Waals surface area (Å²) in [5.74, 6) is 0.762. The number of rotatable bonds is 5. The molecule has 1 fully saturated rings. The van der Waals surface area contributed by atoms with Gasteiger partial charge in [-0.3, -0.25) is 4.79 Å². The van der Waals surface area contributed by atoms with E-state index >= 15 is 0 Å². The molecule has 5 nitrogen and oxygen atoms in total. The predicted octanol–water partition coefficient (Wildman–Crippen LogP) is 3.96. The number of methoxy groups -OCH3 is 1. The number of piperidine rings is 1. The Morgan fingerprint density at radius 2 is 1.68 bits per heavy atom. The van der Waals surface area contributed by atoms with E-state index in [2.05, 4.69) is 4.90 Å². The van der Waals surface area contributed by atoms with Crippen LogP contribution in [0.2, 0.25) is 0 Å². The zero-order chi connectivity index (χ0) is 19.3. The molecule has 1 aliphatic heterocycles. The maximum Gasteiger partial charge on any atom is 0.269 e. The van der Waals surface area contributed by atoms with Gasteiger partial charge in [0.25, 0.3) is 5.56 Å². The van der Waals surface area contributed by atoms with Gasteiger partial charge in [0.1, 0.15) is 11.4 Å². The molecule has 28 heavy (non-hydrogen) atoms. The maximum atomic E-state index is 12.9. The van der Waals surface area contributed by atoms with E-state index in [-0.39, 0.29) is 5.56 Å². The summed E-state index contributed by atoms with van der Waals surface area (Å²) in [4.78, 5) is 15.2. The number of ether oxygens (including phenoxy) is 1. The lowest BCUT2D eigenvalue weighted by Gasteiger charge is -2.30. The van der Waals surface area contributed by atoms with Gasteiger partial charge in [-0.25, -0.2) is 4.68 Å². The molecule has 5 heteroatoms. The molecule has 2 heterocycles. The number of nitrogens with zero attached hydrogens (tertiary/aromatic N) is 3. The van der Waals surface area contributed by atoms with E-state index in [4.69, 9.17) is 9.84 Å². The Hall–Kier alpha value is -3.08. The van der Waals surface area contributed by atoms with Crippen molar-refractivity contribution in [2.45, 2.75) is 25.8 Å². The number of hydrogen-bond donors (Lipinski definition) is 0. The van der Waals surface area contributed by atoms with Gasteiger partial charge in [0.05, 0.1) is 19.3 Å². The Balaban J connectivity index is 1.84. The highest BCUT2D eigenvalue weighted by atomic mass is 16.5. The lowest BCUT2D eigenvalue weighted by molar-refractivity contribution is 0.416. The first-order chi connectivity index (χ1) is 13.8.